The van der Waals surface area contributed by atoms with Gasteiger partial charge in [-0.25, -0.2) is 0 Å². The van der Waals surface area contributed by atoms with Crippen LogP contribution in [-0.2, 0) is 26.1 Å². The monoisotopic (exact) mass is 660 g/mol. The molecule has 2 aliphatic rings. The highest BCUT2D eigenvalue weighted by Crippen LogP contribution is 2.12. The van der Waals surface area contributed by atoms with E-state index in [9.17, 15) is 0 Å². The van der Waals surface area contributed by atoms with Gasteiger partial charge in [-0.05, 0) is 80.6 Å². The van der Waals surface area contributed by atoms with Crippen molar-refractivity contribution in [1.29, 1.82) is 0 Å². The number of benzene rings is 2. The molecule has 2 aliphatic heterocycles. The lowest BCUT2D eigenvalue weighted by Crippen LogP contribution is -2.35. The van der Waals surface area contributed by atoms with Crippen LogP contribution in [-0.4, -0.2) is 43.7 Å². The molecule has 0 aromatic heterocycles. The molecule has 0 unspecified atom stereocenters. The van der Waals surface area contributed by atoms with Gasteiger partial charge in [0, 0.05) is 12.5 Å². The van der Waals surface area contributed by atoms with Crippen molar-refractivity contribution in [2.24, 2.45) is 0 Å². The number of rotatable bonds is 4. The highest BCUT2D eigenvalue weighted by molar-refractivity contribution is 14.1. The van der Waals surface area contributed by atoms with Gasteiger partial charge in [0.1, 0.15) is 12.2 Å². The fraction of sp³-hybridized carbons (Fsp3) is 0.400. The van der Waals surface area contributed by atoms with Crippen LogP contribution in [0.3, 0.4) is 0 Å². The molecule has 27 heavy (non-hydrogen) atoms. The van der Waals surface area contributed by atoms with E-state index in [1.54, 1.807) is 0 Å². The Balaban J connectivity index is 0.000000161. The van der Waals surface area contributed by atoms with E-state index in [4.69, 9.17) is 14.6 Å². The standard InChI is InChI=1S/C10H11IO2.C7H6BrI.C3H6O2/c11-9-3-1-8(2-4-9)5-13-10-6-12-7-10;8-5-6-1-3-7(9)4-2-6;4-3-1-5-2-3/h1-4,10H,5-7H2;1-4H,5H2;3-4H,1-2H2. The first-order valence-corrected chi connectivity index (χ1v) is 11.8. The molecule has 2 fully saturated rings. The van der Waals surface area contributed by atoms with Gasteiger partial charge in [0.25, 0.3) is 0 Å². The van der Waals surface area contributed by atoms with Crippen molar-refractivity contribution in [3.63, 3.8) is 0 Å². The molecular formula is C20H23BrI2O4. The molecule has 0 saturated carbocycles. The third-order valence-electron chi connectivity index (χ3n) is 3.69. The quantitative estimate of drug-likeness (QED) is 0.380. The molecule has 0 radical (unpaired) electrons. The zero-order valence-electron chi connectivity index (χ0n) is 14.8. The summed E-state index contributed by atoms with van der Waals surface area (Å²) < 4.78 is 17.7. The summed E-state index contributed by atoms with van der Waals surface area (Å²) in [5.41, 5.74) is 2.56. The third kappa shape index (κ3) is 10.00. The van der Waals surface area contributed by atoms with Crippen molar-refractivity contribution in [1.82, 2.24) is 0 Å². The van der Waals surface area contributed by atoms with Crippen LogP contribution >= 0.6 is 61.1 Å². The van der Waals surface area contributed by atoms with E-state index >= 15 is 0 Å². The Kier molecular flexibility index (Phi) is 11.7. The van der Waals surface area contributed by atoms with Crippen molar-refractivity contribution in [2.75, 3.05) is 26.4 Å². The predicted molar refractivity (Wildman–Crippen MR) is 127 cm³/mol. The van der Waals surface area contributed by atoms with Crippen molar-refractivity contribution in [3.05, 3.63) is 66.8 Å². The normalized spacial score (nSPS) is 16.1. The van der Waals surface area contributed by atoms with Crippen LogP contribution in [0.25, 0.3) is 0 Å². The van der Waals surface area contributed by atoms with E-state index in [1.165, 1.54) is 18.3 Å². The number of hydrogen-bond donors (Lipinski definition) is 1. The van der Waals surface area contributed by atoms with Gasteiger partial charge in [-0.1, -0.05) is 40.2 Å². The summed E-state index contributed by atoms with van der Waals surface area (Å²) in [5, 5.41) is 9.27. The Labute approximate surface area is 196 Å². The Bertz CT molecular complexity index is 644. The van der Waals surface area contributed by atoms with Crippen LogP contribution in [0.5, 0.6) is 0 Å². The third-order valence-corrected chi connectivity index (χ3v) is 5.78. The summed E-state index contributed by atoms with van der Waals surface area (Å²) >= 11 is 7.97. The van der Waals surface area contributed by atoms with E-state index in [0.717, 1.165) is 18.5 Å². The van der Waals surface area contributed by atoms with Crippen LogP contribution in [0.4, 0.5) is 0 Å². The summed E-state index contributed by atoms with van der Waals surface area (Å²) in [6.45, 7) is 3.29. The van der Waals surface area contributed by atoms with Gasteiger partial charge < -0.3 is 19.3 Å². The first-order valence-electron chi connectivity index (χ1n) is 8.57. The van der Waals surface area contributed by atoms with Gasteiger partial charge in [0.2, 0.25) is 0 Å². The Morgan fingerprint density at radius 3 is 1.63 bits per heavy atom. The molecule has 4 rings (SSSR count). The molecule has 2 aromatic carbocycles. The van der Waals surface area contributed by atoms with E-state index in [0.29, 0.717) is 25.9 Å². The van der Waals surface area contributed by atoms with Crippen LogP contribution in [0.2, 0.25) is 0 Å². The van der Waals surface area contributed by atoms with Crippen molar-refractivity contribution in [3.8, 4) is 0 Å². The maximum atomic E-state index is 8.32. The molecule has 4 nitrogen and oxygen atoms in total. The van der Waals surface area contributed by atoms with Gasteiger partial charge in [-0.15, -0.1) is 0 Å². The van der Waals surface area contributed by atoms with Gasteiger partial charge in [0.05, 0.1) is 33.0 Å². The van der Waals surface area contributed by atoms with Crippen LogP contribution in [0.15, 0.2) is 48.5 Å². The molecule has 7 heteroatoms. The molecule has 0 spiro atoms. The molecule has 0 aliphatic carbocycles. The topological polar surface area (TPSA) is 47.9 Å². The van der Waals surface area contributed by atoms with E-state index in [2.05, 4.69) is 114 Å². The average molecular weight is 661 g/mol. The summed E-state index contributed by atoms with van der Waals surface area (Å²) in [6.07, 6.45) is 0.161. The highest BCUT2D eigenvalue weighted by atomic mass is 127. The fourth-order valence-corrected chi connectivity index (χ4v) is 2.99. The van der Waals surface area contributed by atoms with Crippen LogP contribution < -0.4 is 0 Å². The molecule has 0 amide bonds. The number of aliphatic hydroxyl groups excluding tert-OH is 1. The van der Waals surface area contributed by atoms with Crippen molar-refractivity contribution >= 4 is 61.1 Å². The second kappa shape index (κ2) is 13.4. The lowest BCUT2D eigenvalue weighted by molar-refractivity contribution is -0.135. The Hall–Kier alpha value is 0.220. The summed E-state index contributed by atoms with van der Waals surface area (Å²) in [7, 11) is 0. The maximum Gasteiger partial charge on any atom is 0.105 e. The minimum atomic E-state index is -0.157. The Morgan fingerprint density at radius 2 is 1.30 bits per heavy atom. The smallest absolute Gasteiger partial charge is 0.105 e. The van der Waals surface area contributed by atoms with E-state index in [1.807, 2.05) is 0 Å². The molecule has 2 aromatic rings. The molecular weight excluding hydrogens is 638 g/mol. The zero-order chi connectivity index (χ0) is 19.5. The molecule has 148 valence electrons. The first-order chi connectivity index (χ1) is 13.1. The average Bonchev–Trinajstić information content (AvgIpc) is 2.62. The summed E-state index contributed by atoms with van der Waals surface area (Å²) in [6, 6.07) is 16.8. The second-order valence-corrected chi connectivity index (χ2v) is 9.10. The number of ether oxygens (including phenoxy) is 3. The minimum absolute atomic E-state index is 0.157. The second-order valence-electron chi connectivity index (χ2n) is 6.05. The minimum Gasteiger partial charge on any atom is -0.388 e. The number of aliphatic hydroxyl groups is 1. The predicted octanol–water partition coefficient (Wildman–Crippen LogP) is 4.77. The lowest BCUT2D eigenvalue weighted by Gasteiger charge is -2.25. The van der Waals surface area contributed by atoms with Crippen molar-refractivity contribution < 1.29 is 19.3 Å². The molecule has 1 N–H and O–H groups in total. The van der Waals surface area contributed by atoms with Crippen molar-refractivity contribution in [2.45, 2.75) is 24.1 Å². The summed E-state index contributed by atoms with van der Waals surface area (Å²) in [5.74, 6) is 0. The van der Waals surface area contributed by atoms with E-state index < -0.39 is 0 Å². The molecule has 2 saturated heterocycles. The lowest BCUT2D eigenvalue weighted by atomic mass is 10.2. The first kappa shape index (κ1) is 23.5. The fourth-order valence-electron chi connectivity index (χ4n) is 1.90. The van der Waals surface area contributed by atoms with Gasteiger partial charge in [0.15, 0.2) is 0 Å². The molecule has 2 heterocycles. The maximum absolute atomic E-state index is 8.32. The molecule has 0 atom stereocenters. The molecule has 0 bridgehead atoms. The van der Waals surface area contributed by atoms with Gasteiger partial charge in [-0.2, -0.15) is 0 Å². The summed E-state index contributed by atoms with van der Waals surface area (Å²) in [4.78, 5) is 0. The largest absolute Gasteiger partial charge is 0.388 e. The zero-order valence-corrected chi connectivity index (χ0v) is 20.7. The SMILES string of the molecule is BrCc1ccc(I)cc1.Ic1ccc(COC2COC2)cc1.OC1COC1. The number of halogens is 3. The van der Waals surface area contributed by atoms with Gasteiger partial charge in [-0.3, -0.25) is 0 Å². The van der Waals surface area contributed by atoms with E-state index in [-0.39, 0.29) is 6.10 Å². The Morgan fingerprint density at radius 1 is 0.852 bits per heavy atom. The van der Waals surface area contributed by atoms with Crippen LogP contribution in [0, 0.1) is 7.14 Å². The number of alkyl halides is 1. The van der Waals surface area contributed by atoms with Gasteiger partial charge >= 0.3 is 0 Å². The highest BCUT2D eigenvalue weighted by Gasteiger charge is 2.18. The number of hydrogen-bond acceptors (Lipinski definition) is 4. The van der Waals surface area contributed by atoms with Crippen LogP contribution in [0.1, 0.15) is 11.1 Å².